The van der Waals surface area contributed by atoms with Crippen molar-refractivity contribution in [3.05, 3.63) is 24.3 Å². The van der Waals surface area contributed by atoms with E-state index in [1.165, 1.54) is 0 Å². The minimum absolute atomic E-state index is 0.349. The van der Waals surface area contributed by atoms with E-state index in [9.17, 15) is 0 Å². The van der Waals surface area contributed by atoms with Crippen molar-refractivity contribution in [2.75, 3.05) is 17.2 Å². The summed E-state index contributed by atoms with van der Waals surface area (Å²) in [7, 11) is 0. The lowest BCUT2D eigenvalue weighted by molar-refractivity contribution is 0.888. The lowest BCUT2D eigenvalue weighted by Gasteiger charge is -2.13. The van der Waals surface area contributed by atoms with Gasteiger partial charge in [0.1, 0.15) is 5.82 Å². The maximum atomic E-state index is 4.55. The van der Waals surface area contributed by atoms with Crippen LogP contribution >= 0.6 is 0 Å². The molecule has 0 unspecified atom stereocenters. The van der Waals surface area contributed by atoms with Crippen molar-refractivity contribution in [1.82, 2.24) is 9.97 Å². The Morgan fingerprint density at radius 1 is 1.17 bits per heavy atom. The van der Waals surface area contributed by atoms with E-state index in [0.717, 1.165) is 29.7 Å². The average Bonchev–Trinajstić information content (AvgIpc) is 2.35. The van der Waals surface area contributed by atoms with Crippen LogP contribution in [0.25, 0.3) is 10.9 Å². The van der Waals surface area contributed by atoms with Crippen LogP contribution in [0.1, 0.15) is 27.2 Å². The van der Waals surface area contributed by atoms with Crippen LogP contribution in [0.15, 0.2) is 24.3 Å². The Morgan fingerprint density at radius 3 is 2.67 bits per heavy atom. The molecule has 0 amide bonds. The number of para-hydroxylation sites is 1. The Hall–Kier alpha value is -1.84. The summed E-state index contributed by atoms with van der Waals surface area (Å²) in [5, 5.41) is 7.67. The molecule has 96 valence electrons. The van der Waals surface area contributed by atoms with E-state index in [1.807, 2.05) is 24.3 Å². The number of aromatic nitrogens is 2. The van der Waals surface area contributed by atoms with Crippen LogP contribution in [-0.4, -0.2) is 22.6 Å². The van der Waals surface area contributed by atoms with E-state index in [-0.39, 0.29) is 0 Å². The third-order valence-electron chi connectivity index (χ3n) is 2.56. The second kappa shape index (κ2) is 5.67. The molecule has 1 aromatic carbocycles. The Kier molecular flexibility index (Phi) is 3.97. The summed E-state index contributed by atoms with van der Waals surface area (Å²) in [5.74, 6) is 1.59. The third kappa shape index (κ3) is 2.88. The van der Waals surface area contributed by atoms with E-state index in [0.29, 0.717) is 12.0 Å². The lowest BCUT2D eigenvalue weighted by atomic mass is 10.2. The molecule has 0 saturated heterocycles. The van der Waals surface area contributed by atoms with Gasteiger partial charge in [0.05, 0.1) is 5.52 Å². The Labute approximate surface area is 108 Å². The van der Waals surface area contributed by atoms with Gasteiger partial charge in [0, 0.05) is 18.0 Å². The molecule has 1 heterocycles. The van der Waals surface area contributed by atoms with Crippen LogP contribution in [0, 0.1) is 0 Å². The molecule has 0 fully saturated rings. The molecule has 0 saturated carbocycles. The van der Waals surface area contributed by atoms with Gasteiger partial charge >= 0.3 is 0 Å². The Bertz CT molecular complexity index is 522. The van der Waals surface area contributed by atoms with Crippen molar-refractivity contribution in [2.24, 2.45) is 0 Å². The Morgan fingerprint density at radius 2 is 1.94 bits per heavy atom. The molecule has 4 heteroatoms. The van der Waals surface area contributed by atoms with Crippen molar-refractivity contribution < 1.29 is 0 Å². The first-order chi connectivity index (χ1) is 8.70. The summed E-state index contributed by atoms with van der Waals surface area (Å²) < 4.78 is 0. The summed E-state index contributed by atoms with van der Waals surface area (Å²) in [6.07, 6.45) is 1.06. The number of hydrogen-bond donors (Lipinski definition) is 2. The van der Waals surface area contributed by atoms with Crippen molar-refractivity contribution in [3.63, 3.8) is 0 Å². The minimum atomic E-state index is 0.349. The Balaban J connectivity index is 2.43. The van der Waals surface area contributed by atoms with Gasteiger partial charge in [-0.1, -0.05) is 19.1 Å². The molecule has 18 heavy (non-hydrogen) atoms. The van der Waals surface area contributed by atoms with Crippen molar-refractivity contribution in [2.45, 2.75) is 33.2 Å². The van der Waals surface area contributed by atoms with Crippen LogP contribution in [0.4, 0.5) is 11.8 Å². The summed E-state index contributed by atoms with van der Waals surface area (Å²) in [6, 6.07) is 8.42. The number of benzene rings is 1. The number of rotatable bonds is 5. The van der Waals surface area contributed by atoms with Gasteiger partial charge in [-0.15, -0.1) is 0 Å². The van der Waals surface area contributed by atoms with Crippen LogP contribution in [0.3, 0.4) is 0 Å². The van der Waals surface area contributed by atoms with Gasteiger partial charge in [0.15, 0.2) is 0 Å². The zero-order chi connectivity index (χ0) is 13.0. The highest BCUT2D eigenvalue weighted by atomic mass is 15.1. The molecule has 4 nitrogen and oxygen atoms in total. The molecule has 0 radical (unpaired) electrons. The van der Waals surface area contributed by atoms with E-state index in [1.54, 1.807) is 0 Å². The van der Waals surface area contributed by atoms with Gasteiger partial charge < -0.3 is 10.6 Å². The van der Waals surface area contributed by atoms with E-state index in [2.05, 4.69) is 41.4 Å². The van der Waals surface area contributed by atoms with E-state index < -0.39 is 0 Å². The highest BCUT2D eigenvalue weighted by Crippen LogP contribution is 2.22. The first-order valence-electron chi connectivity index (χ1n) is 6.48. The van der Waals surface area contributed by atoms with Crippen LogP contribution in [0.2, 0.25) is 0 Å². The number of nitrogens with zero attached hydrogens (tertiary/aromatic N) is 2. The highest BCUT2D eigenvalue weighted by molar-refractivity contribution is 5.90. The molecule has 0 spiro atoms. The van der Waals surface area contributed by atoms with E-state index in [4.69, 9.17) is 0 Å². The minimum Gasteiger partial charge on any atom is -0.367 e. The largest absolute Gasteiger partial charge is 0.367 e. The first-order valence-corrected chi connectivity index (χ1v) is 6.48. The normalized spacial score (nSPS) is 10.9. The quantitative estimate of drug-likeness (QED) is 0.847. The highest BCUT2D eigenvalue weighted by Gasteiger charge is 2.07. The van der Waals surface area contributed by atoms with Crippen molar-refractivity contribution >= 4 is 22.7 Å². The SMILES string of the molecule is CCCNc1nc(NC(C)C)c2ccccc2n1. The molecule has 0 aliphatic rings. The third-order valence-corrected chi connectivity index (χ3v) is 2.56. The molecule has 0 bridgehead atoms. The second-order valence-corrected chi connectivity index (χ2v) is 4.64. The predicted octanol–water partition coefficient (Wildman–Crippen LogP) is 3.27. The predicted molar refractivity (Wildman–Crippen MR) is 77.1 cm³/mol. The number of fused-ring (bicyclic) bond motifs is 1. The van der Waals surface area contributed by atoms with Gasteiger partial charge in [-0.2, -0.15) is 4.98 Å². The van der Waals surface area contributed by atoms with Gasteiger partial charge in [-0.05, 0) is 32.4 Å². The molecule has 2 rings (SSSR count). The maximum absolute atomic E-state index is 4.55. The van der Waals surface area contributed by atoms with Crippen LogP contribution < -0.4 is 10.6 Å². The standard InChI is InChI=1S/C14H20N4/c1-4-9-15-14-17-12-8-6-5-7-11(12)13(18-14)16-10(2)3/h5-8,10H,4,9H2,1-3H3,(H2,15,16,17,18). The maximum Gasteiger partial charge on any atom is 0.225 e. The topological polar surface area (TPSA) is 49.8 Å². The molecule has 0 aliphatic carbocycles. The first kappa shape index (κ1) is 12.6. The number of nitrogens with one attached hydrogen (secondary N) is 2. The fraction of sp³-hybridized carbons (Fsp3) is 0.429. The fourth-order valence-electron chi connectivity index (χ4n) is 1.78. The molecule has 0 aliphatic heterocycles. The van der Waals surface area contributed by atoms with Gasteiger partial charge in [-0.3, -0.25) is 0 Å². The number of hydrogen-bond acceptors (Lipinski definition) is 4. The molecule has 2 N–H and O–H groups in total. The zero-order valence-electron chi connectivity index (χ0n) is 11.2. The molecular formula is C14H20N4. The zero-order valence-corrected chi connectivity index (χ0v) is 11.2. The molecule has 1 aromatic heterocycles. The molecular weight excluding hydrogens is 224 g/mol. The summed E-state index contributed by atoms with van der Waals surface area (Å²) in [4.78, 5) is 9.06. The van der Waals surface area contributed by atoms with Gasteiger partial charge in [0.25, 0.3) is 0 Å². The second-order valence-electron chi connectivity index (χ2n) is 4.64. The molecule has 2 aromatic rings. The monoisotopic (exact) mass is 244 g/mol. The summed E-state index contributed by atoms with van der Waals surface area (Å²) in [5.41, 5.74) is 0.967. The van der Waals surface area contributed by atoms with Crippen molar-refractivity contribution in [1.29, 1.82) is 0 Å². The van der Waals surface area contributed by atoms with Gasteiger partial charge in [-0.25, -0.2) is 4.98 Å². The molecule has 0 atom stereocenters. The summed E-state index contributed by atoms with van der Waals surface area (Å²) >= 11 is 0. The average molecular weight is 244 g/mol. The van der Waals surface area contributed by atoms with Gasteiger partial charge in [0.2, 0.25) is 5.95 Å². The van der Waals surface area contributed by atoms with Crippen molar-refractivity contribution in [3.8, 4) is 0 Å². The number of anilines is 2. The van der Waals surface area contributed by atoms with Crippen LogP contribution in [0.5, 0.6) is 0 Å². The smallest absolute Gasteiger partial charge is 0.225 e. The van der Waals surface area contributed by atoms with E-state index >= 15 is 0 Å². The lowest BCUT2D eigenvalue weighted by Crippen LogP contribution is -2.13. The van der Waals surface area contributed by atoms with Crippen LogP contribution in [-0.2, 0) is 0 Å². The summed E-state index contributed by atoms with van der Waals surface area (Å²) in [6.45, 7) is 7.23. The fourth-order valence-corrected chi connectivity index (χ4v) is 1.78.